The standard InChI is InChI=1S/C9H13N3OS/c1-7-11-8(6-14-7)9(13)12-4-2-10-3-5-12/h6,10H,2-5H2,1H3. The Balaban J connectivity index is 2.07. The summed E-state index contributed by atoms with van der Waals surface area (Å²) in [5.41, 5.74) is 0.592. The molecule has 1 fully saturated rings. The second-order valence-corrected chi connectivity index (χ2v) is 4.36. The Morgan fingerprint density at radius 2 is 2.29 bits per heavy atom. The molecule has 1 saturated heterocycles. The van der Waals surface area contributed by atoms with Crippen LogP contribution >= 0.6 is 11.3 Å². The van der Waals surface area contributed by atoms with Crippen LogP contribution in [0.15, 0.2) is 5.38 Å². The Bertz CT molecular complexity index is 331. The van der Waals surface area contributed by atoms with Gasteiger partial charge < -0.3 is 10.2 Å². The molecular weight excluding hydrogens is 198 g/mol. The average molecular weight is 211 g/mol. The molecule has 2 rings (SSSR count). The van der Waals surface area contributed by atoms with E-state index >= 15 is 0 Å². The molecule has 0 atom stereocenters. The number of nitrogens with one attached hydrogen (secondary N) is 1. The van der Waals surface area contributed by atoms with Crippen LogP contribution in [0.4, 0.5) is 0 Å². The minimum absolute atomic E-state index is 0.0656. The third kappa shape index (κ3) is 1.93. The van der Waals surface area contributed by atoms with E-state index in [0.29, 0.717) is 5.69 Å². The summed E-state index contributed by atoms with van der Waals surface area (Å²) in [6.07, 6.45) is 0. The zero-order valence-electron chi connectivity index (χ0n) is 8.12. The van der Waals surface area contributed by atoms with E-state index in [0.717, 1.165) is 31.2 Å². The van der Waals surface area contributed by atoms with E-state index in [1.165, 1.54) is 11.3 Å². The van der Waals surface area contributed by atoms with Crippen molar-refractivity contribution in [3.05, 3.63) is 16.1 Å². The van der Waals surface area contributed by atoms with Gasteiger partial charge in [-0.15, -0.1) is 11.3 Å². The quantitative estimate of drug-likeness (QED) is 0.735. The number of hydrogen-bond acceptors (Lipinski definition) is 4. The van der Waals surface area contributed by atoms with Crippen LogP contribution in [0.1, 0.15) is 15.5 Å². The smallest absolute Gasteiger partial charge is 0.273 e. The van der Waals surface area contributed by atoms with Crippen LogP contribution < -0.4 is 5.32 Å². The second-order valence-electron chi connectivity index (χ2n) is 3.29. The maximum absolute atomic E-state index is 11.9. The van der Waals surface area contributed by atoms with E-state index in [-0.39, 0.29) is 5.91 Å². The van der Waals surface area contributed by atoms with Gasteiger partial charge in [0.25, 0.3) is 5.91 Å². The van der Waals surface area contributed by atoms with Crippen molar-refractivity contribution >= 4 is 17.2 Å². The first kappa shape index (κ1) is 9.61. The molecule has 0 aromatic carbocycles. The molecule has 1 aliphatic heterocycles. The highest BCUT2D eigenvalue weighted by Crippen LogP contribution is 2.10. The molecule has 0 aliphatic carbocycles. The molecule has 1 aromatic heterocycles. The van der Waals surface area contributed by atoms with Crippen LogP contribution in [0.2, 0.25) is 0 Å². The molecular formula is C9H13N3OS. The summed E-state index contributed by atoms with van der Waals surface area (Å²) in [5, 5.41) is 6.00. The summed E-state index contributed by atoms with van der Waals surface area (Å²) < 4.78 is 0. The first-order chi connectivity index (χ1) is 6.77. The van der Waals surface area contributed by atoms with Crippen LogP contribution in [0, 0.1) is 6.92 Å². The number of aryl methyl sites for hydroxylation is 1. The van der Waals surface area contributed by atoms with Gasteiger partial charge in [0, 0.05) is 31.6 Å². The maximum Gasteiger partial charge on any atom is 0.273 e. The van der Waals surface area contributed by atoms with Gasteiger partial charge in [0.1, 0.15) is 5.69 Å². The van der Waals surface area contributed by atoms with Crippen LogP contribution in [0.5, 0.6) is 0 Å². The molecule has 14 heavy (non-hydrogen) atoms. The largest absolute Gasteiger partial charge is 0.335 e. The third-order valence-corrected chi connectivity index (χ3v) is 3.02. The lowest BCUT2D eigenvalue weighted by molar-refractivity contribution is 0.0730. The van der Waals surface area contributed by atoms with Gasteiger partial charge in [0.2, 0.25) is 0 Å². The SMILES string of the molecule is Cc1nc(C(=O)N2CCNCC2)cs1. The van der Waals surface area contributed by atoms with Crippen molar-refractivity contribution < 1.29 is 4.79 Å². The van der Waals surface area contributed by atoms with Crippen LogP contribution in [-0.4, -0.2) is 42.0 Å². The lowest BCUT2D eigenvalue weighted by Gasteiger charge is -2.26. The first-order valence-corrected chi connectivity index (χ1v) is 5.57. The van der Waals surface area contributed by atoms with Crippen LogP contribution in [0.3, 0.4) is 0 Å². The van der Waals surface area contributed by atoms with Crippen molar-refractivity contribution in [1.82, 2.24) is 15.2 Å². The highest BCUT2D eigenvalue weighted by atomic mass is 32.1. The summed E-state index contributed by atoms with van der Waals surface area (Å²) in [4.78, 5) is 17.9. The fourth-order valence-corrected chi connectivity index (χ4v) is 2.08. The maximum atomic E-state index is 11.9. The normalized spacial score (nSPS) is 17.1. The molecule has 1 aromatic rings. The molecule has 1 amide bonds. The van der Waals surface area contributed by atoms with Crippen LogP contribution in [-0.2, 0) is 0 Å². The van der Waals surface area contributed by atoms with Gasteiger partial charge in [-0.05, 0) is 6.92 Å². The molecule has 2 heterocycles. The van der Waals surface area contributed by atoms with Gasteiger partial charge >= 0.3 is 0 Å². The van der Waals surface area contributed by atoms with E-state index in [1.54, 1.807) is 0 Å². The number of amides is 1. The number of aromatic nitrogens is 1. The summed E-state index contributed by atoms with van der Waals surface area (Å²) in [5.74, 6) is 0.0656. The lowest BCUT2D eigenvalue weighted by Crippen LogP contribution is -2.46. The Labute approximate surface area is 86.9 Å². The fraction of sp³-hybridized carbons (Fsp3) is 0.556. The number of carbonyl (C=O) groups excluding carboxylic acids is 1. The predicted molar refractivity (Wildman–Crippen MR) is 55.6 cm³/mol. The Kier molecular flexibility index (Phi) is 2.79. The minimum atomic E-state index is 0.0656. The molecule has 0 saturated carbocycles. The first-order valence-electron chi connectivity index (χ1n) is 4.69. The zero-order chi connectivity index (χ0) is 9.97. The molecule has 0 bridgehead atoms. The monoisotopic (exact) mass is 211 g/mol. The topological polar surface area (TPSA) is 45.2 Å². The van der Waals surface area contributed by atoms with E-state index < -0.39 is 0 Å². The van der Waals surface area contributed by atoms with Gasteiger partial charge in [-0.1, -0.05) is 0 Å². The number of carbonyl (C=O) groups is 1. The molecule has 5 heteroatoms. The molecule has 76 valence electrons. The number of rotatable bonds is 1. The van der Waals surface area contributed by atoms with Crippen molar-refractivity contribution in [2.24, 2.45) is 0 Å². The predicted octanol–water partition coefficient (Wildman–Crippen LogP) is 0.497. The molecule has 0 spiro atoms. The number of thiazole rings is 1. The Morgan fingerprint density at radius 1 is 1.57 bits per heavy atom. The number of piperazine rings is 1. The Morgan fingerprint density at radius 3 is 2.86 bits per heavy atom. The van der Waals surface area contributed by atoms with Gasteiger partial charge in [0.15, 0.2) is 0 Å². The van der Waals surface area contributed by atoms with E-state index in [1.807, 2.05) is 17.2 Å². The Hall–Kier alpha value is -0.940. The van der Waals surface area contributed by atoms with Gasteiger partial charge in [0.05, 0.1) is 5.01 Å². The van der Waals surface area contributed by atoms with Gasteiger partial charge in [-0.3, -0.25) is 4.79 Å². The minimum Gasteiger partial charge on any atom is -0.335 e. The summed E-state index contributed by atoms with van der Waals surface area (Å²) in [7, 11) is 0. The van der Waals surface area contributed by atoms with E-state index in [4.69, 9.17) is 0 Å². The van der Waals surface area contributed by atoms with Crippen molar-refractivity contribution in [1.29, 1.82) is 0 Å². The van der Waals surface area contributed by atoms with E-state index in [9.17, 15) is 4.79 Å². The third-order valence-electron chi connectivity index (χ3n) is 2.24. The molecule has 1 aliphatic rings. The van der Waals surface area contributed by atoms with E-state index in [2.05, 4.69) is 10.3 Å². The van der Waals surface area contributed by atoms with Gasteiger partial charge in [-0.2, -0.15) is 0 Å². The molecule has 0 radical (unpaired) electrons. The van der Waals surface area contributed by atoms with Crippen molar-refractivity contribution in [3.8, 4) is 0 Å². The number of nitrogens with zero attached hydrogens (tertiary/aromatic N) is 2. The molecule has 1 N–H and O–H groups in total. The molecule has 4 nitrogen and oxygen atoms in total. The van der Waals surface area contributed by atoms with Crippen LogP contribution in [0.25, 0.3) is 0 Å². The van der Waals surface area contributed by atoms with Gasteiger partial charge in [-0.25, -0.2) is 4.98 Å². The second kappa shape index (κ2) is 4.06. The lowest BCUT2D eigenvalue weighted by atomic mass is 10.3. The number of hydrogen-bond donors (Lipinski definition) is 1. The van der Waals surface area contributed by atoms with Crippen molar-refractivity contribution in [3.63, 3.8) is 0 Å². The summed E-state index contributed by atoms with van der Waals surface area (Å²) in [6, 6.07) is 0. The average Bonchev–Trinajstić information content (AvgIpc) is 2.65. The zero-order valence-corrected chi connectivity index (χ0v) is 8.93. The molecule has 0 unspecified atom stereocenters. The van der Waals surface area contributed by atoms with Crippen molar-refractivity contribution in [2.45, 2.75) is 6.92 Å². The highest BCUT2D eigenvalue weighted by Gasteiger charge is 2.19. The summed E-state index contributed by atoms with van der Waals surface area (Å²) >= 11 is 1.52. The summed E-state index contributed by atoms with van der Waals surface area (Å²) in [6.45, 7) is 5.26. The van der Waals surface area contributed by atoms with Crippen molar-refractivity contribution in [2.75, 3.05) is 26.2 Å². The highest BCUT2D eigenvalue weighted by molar-refractivity contribution is 7.09. The fourth-order valence-electron chi connectivity index (χ4n) is 1.49.